The first-order chi connectivity index (χ1) is 18.6. The van der Waals surface area contributed by atoms with E-state index in [1.807, 2.05) is 67.9 Å². The van der Waals surface area contributed by atoms with Crippen molar-refractivity contribution < 1.29 is 27.8 Å². The lowest BCUT2D eigenvalue weighted by Crippen LogP contribution is -2.37. The van der Waals surface area contributed by atoms with Crippen LogP contribution >= 0.6 is 0 Å². The second-order valence-corrected chi connectivity index (χ2v) is 11.0. The molecule has 1 heterocycles. The summed E-state index contributed by atoms with van der Waals surface area (Å²) in [6.45, 7) is 5.56. The van der Waals surface area contributed by atoms with Crippen LogP contribution in [0.15, 0.2) is 71.6 Å². The number of hydrogen-bond donors (Lipinski definition) is 1. The van der Waals surface area contributed by atoms with Crippen molar-refractivity contribution in [1.82, 2.24) is 14.1 Å². The Hall–Kier alpha value is -4.31. The van der Waals surface area contributed by atoms with Crippen LogP contribution in [0.5, 0.6) is 11.5 Å². The topological polar surface area (TPSA) is 111 Å². The molecule has 1 aromatic heterocycles. The molecule has 0 atom stereocenters. The van der Waals surface area contributed by atoms with E-state index in [1.165, 1.54) is 12.1 Å². The number of ether oxygens (including phenoxy) is 2. The Bertz CT molecular complexity index is 1590. The maximum atomic E-state index is 12.9. The van der Waals surface area contributed by atoms with Crippen molar-refractivity contribution >= 4 is 16.1 Å². The molecule has 0 spiro atoms. The molecule has 0 aliphatic heterocycles. The van der Waals surface area contributed by atoms with Gasteiger partial charge in [-0.3, -0.25) is 0 Å². The zero-order chi connectivity index (χ0) is 28.3. The largest absolute Gasteiger partial charge is 0.493 e. The number of carboxylic acid groups (broad SMARTS) is 1. The zero-order valence-corrected chi connectivity index (χ0v) is 23.3. The summed E-state index contributed by atoms with van der Waals surface area (Å²) >= 11 is 0. The van der Waals surface area contributed by atoms with E-state index in [0.29, 0.717) is 15.8 Å². The van der Waals surface area contributed by atoms with Gasteiger partial charge in [-0.25, -0.2) is 22.2 Å². The zero-order valence-electron chi connectivity index (χ0n) is 22.5. The first kappa shape index (κ1) is 27.7. The third-order valence-electron chi connectivity index (χ3n) is 6.57. The molecule has 3 aromatic carbocycles. The fourth-order valence-electron chi connectivity index (χ4n) is 4.49. The van der Waals surface area contributed by atoms with Crippen molar-refractivity contribution in [2.24, 2.45) is 0 Å². The molecule has 1 N–H and O–H groups in total. The Kier molecular flexibility index (Phi) is 7.96. The molecular formula is C29H31N3O6S. The number of amides is 1. The molecule has 0 fully saturated rings. The minimum absolute atomic E-state index is 0.0549. The number of carbonyl (C=O) groups is 1. The summed E-state index contributed by atoms with van der Waals surface area (Å²) in [5.74, 6) is 1.28. The van der Waals surface area contributed by atoms with Crippen LogP contribution < -0.4 is 9.47 Å². The lowest BCUT2D eigenvalue weighted by atomic mass is 10.0. The van der Waals surface area contributed by atoms with Gasteiger partial charge in [0.15, 0.2) is 11.5 Å². The highest BCUT2D eigenvalue weighted by Crippen LogP contribution is 2.35. The summed E-state index contributed by atoms with van der Waals surface area (Å²) in [5.41, 5.74) is 6.23. The monoisotopic (exact) mass is 549 g/mol. The number of sulfonamides is 1. The van der Waals surface area contributed by atoms with Gasteiger partial charge in [-0.05, 0) is 74.7 Å². The van der Waals surface area contributed by atoms with E-state index in [1.54, 1.807) is 26.4 Å². The van der Waals surface area contributed by atoms with Crippen LogP contribution in [0.4, 0.5) is 4.79 Å². The standard InChI is InChI=1S/C29H31N3O6S/c1-19-6-13-25(14-7-19)39(35,36)31(29(33)34)17-16-22-8-11-24(12-9-22)32-21(3)28(20(2)30-32)23-10-15-26(37-4)27(18-23)38-5/h6-15,18H,16-17H2,1-5H3,(H,33,34). The van der Waals surface area contributed by atoms with Crippen LogP contribution in [0.2, 0.25) is 0 Å². The van der Waals surface area contributed by atoms with Gasteiger partial charge in [-0.15, -0.1) is 0 Å². The number of methoxy groups -OCH3 is 2. The number of aromatic nitrogens is 2. The van der Waals surface area contributed by atoms with Crippen molar-refractivity contribution in [2.75, 3.05) is 20.8 Å². The highest BCUT2D eigenvalue weighted by atomic mass is 32.2. The predicted molar refractivity (Wildman–Crippen MR) is 148 cm³/mol. The molecule has 10 heteroatoms. The summed E-state index contributed by atoms with van der Waals surface area (Å²) in [7, 11) is -0.987. The lowest BCUT2D eigenvalue weighted by Gasteiger charge is -2.19. The Morgan fingerprint density at radius 2 is 1.56 bits per heavy atom. The van der Waals surface area contributed by atoms with E-state index in [-0.39, 0.29) is 17.9 Å². The van der Waals surface area contributed by atoms with E-state index in [4.69, 9.17) is 14.6 Å². The summed E-state index contributed by atoms with van der Waals surface area (Å²) in [6, 6.07) is 19.3. The summed E-state index contributed by atoms with van der Waals surface area (Å²) in [6.07, 6.45) is -1.29. The van der Waals surface area contributed by atoms with Crippen molar-refractivity contribution in [1.29, 1.82) is 0 Å². The maximum Gasteiger partial charge on any atom is 0.421 e. The van der Waals surface area contributed by atoms with Gasteiger partial charge < -0.3 is 14.6 Å². The first-order valence-electron chi connectivity index (χ1n) is 12.3. The Balaban J connectivity index is 1.55. The Morgan fingerprint density at radius 1 is 0.923 bits per heavy atom. The van der Waals surface area contributed by atoms with Crippen molar-refractivity contribution in [3.8, 4) is 28.3 Å². The summed E-state index contributed by atoms with van der Waals surface area (Å²) < 4.78 is 39.0. The van der Waals surface area contributed by atoms with E-state index in [9.17, 15) is 18.3 Å². The summed E-state index contributed by atoms with van der Waals surface area (Å²) in [5, 5.41) is 14.4. The fourth-order valence-corrected chi connectivity index (χ4v) is 5.77. The molecule has 0 saturated heterocycles. The molecule has 0 aliphatic rings. The lowest BCUT2D eigenvalue weighted by molar-refractivity contribution is 0.172. The third-order valence-corrected chi connectivity index (χ3v) is 8.36. The molecule has 0 aliphatic carbocycles. The molecule has 204 valence electrons. The molecule has 0 radical (unpaired) electrons. The van der Waals surface area contributed by atoms with E-state index in [2.05, 4.69) is 0 Å². The Labute approximate surface area is 228 Å². The van der Waals surface area contributed by atoms with Crippen LogP contribution in [0.1, 0.15) is 22.5 Å². The van der Waals surface area contributed by atoms with Gasteiger partial charge in [0.05, 0.1) is 30.5 Å². The van der Waals surface area contributed by atoms with Gasteiger partial charge in [0.1, 0.15) is 0 Å². The minimum Gasteiger partial charge on any atom is -0.493 e. The highest BCUT2D eigenvalue weighted by molar-refractivity contribution is 7.89. The number of hydrogen-bond acceptors (Lipinski definition) is 6. The van der Waals surface area contributed by atoms with Gasteiger partial charge >= 0.3 is 6.09 Å². The molecule has 0 unspecified atom stereocenters. The van der Waals surface area contributed by atoms with Crippen LogP contribution in [0.3, 0.4) is 0 Å². The van der Waals surface area contributed by atoms with Gasteiger partial charge in [-0.1, -0.05) is 35.9 Å². The molecule has 0 bridgehead atoms. The average Bonchev–Trinajstić information content (AvgIpc) is 3.22. The van der Waals surface area contributed by atoms with Crippen molar-refractivity contribution in [2.45, 2.75) is 32.1 Å². The highest BCUT2D eigenvalue weighted by Gasteiger charge is 2.28. The van der Waals surface area contributed by atoms with E-state index in [0.717, 1.165) is 39.3 Å². The molecular weight excluding hydrogens is 518 g/mol. The van der Waals surface area contributed by atoms with Crippen LogP contribution in [-0.2, 0) is 16.4 Å². The van der Waals surface area contributed by atoms with Crippen LogP contribution in [0.25, 0.3) is 16.8 Å². The quantitative estimate of drug-likeness (QED) is 0.298. The number of rotatable bonds is 9. The first-order valence-corrected chi connectivity index (χ1v) is 13.7. The predicted octanol–water partition coefficient (Wildman–Crippen LogP) is 5.39. The molecule has 4 rings (SSSR count). The number of nitrogens with zero attached hydrogens (tertiary/aromatic N) is 3. The maximum absolute atomic E-state index is 12.9. The normalized spacial score (nSPS) is 11.3. The molecule has 0 saturated carbocycles. The van der Waals surface area contributed by atoms with Gasteiger partial charge in [0, 0.05) is 17.8 Å². The molecule has 9 nitrogen and oxygen atoms in total. The van der Waals surface area contributed by atoms with E-state index < -0.39 is 16.1 Å². The van der Waals surface area contributed by atoms with Gasteiger partial charge in [-0.2, -0.15) is 5.10 Å². The Morgan fingerprint density at radius 3 is 2.15 bits per heavy atom. The van der Waals surface area contributed by atoms with Crippen LogP contribution in [-0.4, -0.2) is 54.5 Å². The van der Waals surface area contributed by atoms with Crippen molar-refractivity contribution in [3.05, 3.63) is 89.2 Å². The minimum atomic E-state index is -4.18. The second kappa shape index (κ2) is 11.2. The molecule has 1 amide bonds. The van der Waals surface area contributed by atoms with Crippen LogP contribution in [0, 0.1) is 20.8 Å². The summed E-state index contributed by atoms with van der Waals surface area (Å²) in [4.78, 5) is 11.8. The number of benzene rings is 3. The van der Waals surface area contributed by atoms with Gasteiger partial charge in [0.25, 0.3) is 10.0 Å². The fraction of sp³-hybridized carbons (Fsp3) is 0.241. The molecule has 4 aromatic rings. The van der Waals surface area contributed by atoms with E-state index >= 15 is 0 Å². The van der Waals surface area contributed by atoms with Gasteiger partial charge in [0.2, 0.25) is 0 Å². The SMILES string of the molecule is COc1ccc(-c2c(C)nn(-c3ccc(CCN(C(=O)O)S(=O)(=O)c4ccc(C)cc4)cc3)c2C)cc1OC. The smallest absolute Gasteiger partial charge is 0.421 e. The van der Waals surface area contributed by atoms with Crippen molar-refractivity contribution in [3.63, 3.8) is 0 Å². The third kappa shape index (κ3) is 5.61. The molecule has 39 heavy (non-hydrogen) atoms. The number of aryl methyl sites for hydroxylation is 2. The second-order valence-electron chi connectivity index (χ2n) is 9.12. The average molecular weight is 550 g/mol.